The molecule has 0 unspecified atom stereocenters. The van der Waals surface area contributed by atoms with Crippen LogP contribution in [0.3, 0.4) is 0 Å². The third-order valence-electron chi connectivity index (χ3n) is 1.22. The quantitative estimate of drug-likeness (QED) is 0.711. The second-order valence-corrected chi connectivity index (χ2v) is 5.88. The topological polar surface area (TPSA) is 50.3 Å². The summed E-state index contributed by atoms with van der Waals surface area (Å²) in [6.45, 7) is 0. The molecule has 0 radical (unpaired) electrons. The van der Waals surface area contributed by atoms with Crippen molar-refractivity contribution in [1.82, 2.24) is 4.98 Å². The average molecular weight is 206 g/mol. The molecule has 1 aromatic heterocycles. The molecule has 0 fully saturated rings. The second kappa shape index (κ2) is 3.02. The first-order valence-electron chi connectivity index (χ1n) is 3.24. The fourth-order valence-corrected chi connectivity index (χ4v) is 2.28. The summed E-state index contributed by atoms with van der Waals surface area (Å²) >= 11 is 1.17. The summed E-state index contributed by atoms with van der Waals surface area (Å²) in [7, 11) is 0.562. The molecule has 1 aromatic rings. The summed E-state index contributed by atoms with van der Waals surface area (Å²) in [6.07, 6.45) is 2.56. The number of anilines is 1. The minimum atomic E-state index is -3.09. The molecule has 0 atom stereocenters. The molecular formula is C6H10N2O2S2. The molecule has 4 nitrogen and oxygen atoms in total. The number of aromatic nitrogens is 1. The zero-order chi connectivity index (χ0) is 9.35. The summed E-state index contributed by atoms with van der Waals surface area (Å²) in [5.41, 5.74) is 0. The monoisotopic (exact) mass is 206 g/mol. The van der Waals surface area contributed by atoms with Crippen molar-refractivity contribution < 1.29 is 8.42 Å². The van der Waals surface area contributed by atoms with Gasteiger partial charge < -0.3 is 4.90 Å². The largest absolute Gasteiger partial charge is 0.354 e. The SMILES string of the molecule is CN(C)c1ncc(S(C)(=O)=O)s1. The molecule has 0 amide bonds. The summed E-state index contributed by atoms with van der Waals surface area (Å²) in [6, 6.07) is 0. The first kappa shape index (κ1) is 9.47. The molecule has 68 valence electrons. The van der Waals surface area contributed by atoms with E-state index in [1.807, 2.05) is 14.1 Å². The zero-order valence-electron chi connectivity index (χ0n) is 7.10. The Hall–Kier alpha value is -0.620. The molecular weight excluding hydrogens is 196 g/mol. The van der Waals surface area contributed by atoms with Crippen LogP contribution in [-0.4, -0.2) is 33.8 Å². The van der Waals surface area contributed by atoms with Crippen molar-refractivity contribution in [3.05, 3.63) is 6.20 Å². The molecule has 12 heavy (non-hydrogen) atoms. The van der Waals surface area contributed by atoms with E-state index < -0.39 is 9.84 Å². The average Bonchev–Trinajstić information content (AvgIpc) is 2.30. The van der Waals surface area contributed by atoms with Gasteiger partial charge in [-0.2, -0.15) is 0 Å². The Kier molecular flexibility index (Phi) is 2.39. The van der Waals surface area contributed by atoms with Crippen LogP contribution in [0.1, 0.15) is 0 Å². The van der Waals surface area contributed by atoms with Gasteiger partial charge in [-0.15, -0.1) is 0 Å². The Balaban J connectivity index is 3.09. The number of nitrogens with zero attached hydrogens (tertiary/aromatic N) is 2. The summed E-state index contributed by atoms with van der Waals surface area (Å²) in [5.74, 6) is 0. The highest BCUT2D eigenvalue weighted by Gasteiger charge is 2.12. The Morgan fingerprint density at radius 3 is 2.33 bits per heavy atom. The molecule has 0 aliphatic heterocycles. The first-order chi connectivity index (χ1) is 5.41. The standard InChI is InChI=1S/C6H10N2O2S2/c1-8(2)6-7-4-5(11-6)12(3,9)10/h4H,1-3H3. The van der Waals surface area contributed by atoms with Gasteiger partial charge in [0.05, 0.1) is 6.20 Å². The second-order valence-electron chi connectivity index (χ2n) is 2.63. The maximum Gasteiger partial charge on any atom is 0.186 e. The Labute approximate surface area is 75.8 Å². The number of hydrogen-bond donors (Lipinski definition) is 0. The van der Waals surface area contributed by atoms with Gasteiger partial charge in [0.1, 0.15) is 4.21 Å². The summed E-state index contributed by atoms with van der Waals surface area (Å²) in [5, 5.41) is 0.704. The molecule has 0 N–H and O–H groups in total. The van der Waals surface area contributed by atoms with Crippen molar-refractivity contribution in [2.24, 2.45) is 0 Å². The fourth-order valence-electron chi connectivity index (χ4n) is 0.629. The smallest absolute Gasteiger partial charge is 0.186 e. The van der Waals surface area contributed by atoms with E-state index in [0.717, 1.165) is 0 Å². The molecule has 0 spiro atoms. The van der Waals surface area contributed by atoms with E-state index >= 15 is 0 Å². The fraction of sp³-hybridized carbons (Fsp3) is 0.500. The number of rotatable bonds is 2. The molecule has 0 aromatic carbocycles. The van der Waals surface area contributed by atoms with Gasteiger partial charge in [0.15, 0.2) is 15.0 Å². The maximum absolute atomic E-state index is 11.0. The number of thiazole rings is 1. The number of hydrogen-bond acceptors (Lipinski definition) is 5. The van der Waals surface area contributed by atoms with Gasteiger partial charge in [-0.1, -0.05) is 11.3 Å². The lowest BCUT2D eigenvalue weighted by Gasteiger charge is -2.04. The Morgan fingerprint density at radius 2 is 2.08 bits per heavy atom. The van der Waals surface area contributed by atoms with Crippen molar-refractivity contribution in [1.29, 1.82) is 0 Å². The van der Waals surface area contributed by atoms with E-state index in [1.165, 1.54) is 23.8 Å². The van der Waals surface area contributed by atoms with Crippen LogP contribution in [0.5, 0.6) is 0 Å². The third kappa shape index (κ3) is 1.95. The van der Waals surface area contributed by atoms with Crippen LogP contribution in [0.15, 0.2) is 10.4 Å². The molecule has 6 heteroatoms. The molecule has 1 heterocycles. The van der Waals surface area contributed by atoms with Crippen molar-refractivity contribution >= 4 is 26.3 Å². The van der Waals surface area contributed by atoms with E-state index in [4.69, 9.17) is 0 Å². The molecule has 1 rings (SSSR count). The van der Waals surface area contributed by atoms with E-state index in [0.29, 0.717) is 9.34 Å². The van der Waals surface area contributed by atoms with Crippen LogP contribution in [0, 0.1) is 0 Å². The lowest BCUT2D eigenvalue weighted by Crippen LogP contribution is -2.07. The van der Waals surface area contributed by atoms with Gasteiger partial charge in [-0.25, -0.2) is 13.4 Å². The highest BCUT2D eigenvalue weighted by Crippen LogP contribution is 2.23. The molecule has 0 bridgehead atoms. The van der Waals surface area contributed by atoms with Crippen molar-refractivity contribution in [2.45, 2.75) is 4.21 Å². The van der Waals surface area contributed by atoms with Gasteiger partial charge in [-0.3, -0.25) is 0 Å². The lowest BCUT2D eigenvalue weighted by molar-refractivity contribution is 0.603. The summed E-state index contributed by atoms with van der Waals surface area (Å²) in [4.78, 5) is 5.72. The van der Waals surface area contributed by atoms with Crippen LogP contribution in [-0.2, 0) is 9.84 Å². The van der Waals surface area contributed by atoms with E-state index in [2.05, 4.69) is 4.98 Å². The number of sulfone groups is 1. The van der Waals surface area contributed by atoms with Gasteiger partial charge in [0, 0.05) is 20.4 Å². The van der Waals surface area contributed by atoms with E-state index in [9.17, 15) is 8.42 Å². The predicted molar refractivity (Wildman–Crippen MR) is 49.6 cm³/mol. The van der Waals surface area contributed by atoms with Crippen LogP contribution in [0.4, 0.5) is 5.13 Å². The first-order valence-corrected chi connectivity index (χ1v) is 5.95. The minimum absolute atomic E-state index is 0.311. The molecule has 0 aliphatic rings. The summed E-state index contributed by atoms with van der Waals surface area (Å²) < 4.78 is 22.4. The van der Waals surface area contributed by atoms with Crippen LogP contribution < -0.4 is 4.90 Å². The predicted octanol–water partition coefficient (Wildman–Crippen LogP) is 0.613. The van der Waals surface area contributed by atoms with Gasteiger partial charge in [0.2, 0.25) is 0 Å². The Morgan fingerprint density at radius 1 is 1.50 bits per heavy atom. The van der Waals surface area contributed by atoms with Gasteiger partial charge in [0.25, 0.3) is 0 Å². The van der Waals surface area contributed by atoms with Crippen molar-refractivity contribution in [3.8, 4) is 0 Å². The third-order valence-corrected chi connectivity index (χ3v) is 4.17. The maximum atomic E-state index is 11.0. The highest BCUT2D eigenvalue weighted by molar-refractivity contribution is 7.92. The van der Waals surface area contributed by atoms with E-state index in [-0.39, 0.29) is 0 Å². The van der Waals surface area contributed by atoms with Crippen molar-refractivity contribution in [3.63, 3.8) is 0 Å². The van der Waals surface area contributed by atoms with Crippen LogP contribution in [0.2, 0.25) is 0 Å². The van der Waals surface area contributed by atoms with Gasteiger partial charge >= 0.3 is 0 Å². The van der Waals surface area contributed by atoms with E-state index in [1.54, 1.807) is 4.90 Å². The highest BCUT2D eigenvalue weighted by atomic mass is 32.2. The molecule has 0 saturated heterocycles. The normalized spacial score (nSPS) is 11.6. The lowest BCUT2D eigenvalue weighted by atomic mass is 10.9. The van der Waals surface area contributed by atoms with Gasteiger partial charge in [-0.05, 0) is 0 Å². The van der Waals surface area contributed by atoms with Crippen molar-refractivity contribution in [2.75, 3.05) is 25.3 Å². The van der Waals surface area contributed by atoms with Crippen LogP contribution in [0.25, 0.3) is 0 Å². The zero-order valence-corrected chi connectivity index (χ0v) is 8.74. The molecule has 0 aliphatic carbocycles. The van der Waals surface area contributed by atoms with Crippen LogP contribution >= 0.6 is 11.3 Å². The minimum Gasteiger partial charge on any atom is -0.354 e. The molecule has 0 saturated carbocycles. The Bertz CT molecular complexity index is 367.